The lowest BCUT2D eigenvalue weighted by Gasteiger charge is -2.32. The quantitative estimate of drug-likeness (QED) is 0.757. The molecule has 1 saturated carbocycles. The number of hydrogen-bond acceptors (Lipinski definition) is 2. The van der Waals surface area contributed by atoms with E-state index in [2.05, 4.69) is 10.2 Å². The molecule has 2 fully saturated rings. The van der Waals surface area contributed by atoms with E-state index in [1.807, 2.05) is 7.05 Å². The van der Waals surface area contributed by atoms with Gasteiger partial charge in [-0.3, -0.25) is 4.79 Å². The van der Waals surface area contributed by atoms with Crippen LogP contribution in [0.4, 0.5) is 0 Å². The van der Waals surface area contributed by atoms with Crippen molar-refractivity contribution in [3.8, 4) is 0 Å². The molecule has 1 amide bonds. The second-order valence-electron chi connectivity index (χ2n) is 4.94. The zero-order valence-electron chi connectivity index (χ0n) is 9.67. The van der Waals surface area contributed by atoms with Crippen molar-refractivity contribution in [2.24, 2.45) is 11.8 Å². The molecule has 0 aromatic rings. The van der Waals surface area contributed by atoms with E-state index in [0.717, 1.165) is 38.4 Å². The van der Waals surface area contributed by atoms with Gasteiger partial charge in [-0.15, -0.1) is 0 Å². The van der Waals surface area contributed by atoms with Crippen LogP contribution in [-0.4, -0.2) is 37.5 Å². The third-order valence-electron chi connectivity index (χ3n) is 3.66. The molecular formula is C12H22N2O. The van der Waals surface area contributed by atoms with Crippen LogP contribution in [0.15, 0.2) is 0 Å². The summed E-state index contributed by atoms with van der Waals surface area (Å²) in [6.45, 7) is 3.12. The van der Waals surface area contributed by atoms with Crippen molar-refractivity contribution in [1.29, 1.82) is 0 Å². The van der Waals surface area contributed by atoms with Crippen LogP contribution in [0.2, 0.25) is 0 Å². The molecule has 15 heavy (non-hydrogen) atoms. The highest BCUT2D eigenvalue weighted by atomic mass is 16.2. The van der Waals surface area contributed by atoms with E-state index in [4.69, 9.17) is 0 Å². The Hall–Kier alpha value is -0.570. The van der Waals surface area contributed by atoms with Crippen molar-refractivity contribution in [2.45, 2.75) is 32.1 Å². The highest BCUT2D eigenvalue weighted by Crippen LogP contribution is 2.32. The van der Waals surface area contributed by atoms with Crippen LogP contribution in [0.25, 0.3) is 0 Å². The topological polar surface area (TPSA) is 32.3 Å². The van der Waals surface area contributed by atoms with Crippen LogP contribution in [0.3, 0.4) is 0 Å². The van der Waals surface area contributed by atoms with Crippen molar-refractivity contribution in [3.05, 3.63) is 0 Å². The molecule has 1 aliphatic heterocycles. The highest BCUT2D eigenvalue weighted by Gasteiger charge is 2.34. The molecule has 1 heterocycles. The summed E-state index contributed by atoms with van der Waals surface area (Å²) in [6.07, 6.45) is 5.96. The predicted octanol–water partition coefficient (Wildman–Crippen LogP) is 1.24. The van der Waals surface area contributed by atoms with Gasteiger partial charge < -0.3 is 10.2 Å². The Kier molecular flexibility index (Phi) is 3.62. The Balaban J connectivity index is 1.69. The van der Waals surface area contributed by atoms with Crippen LogP contribution in [0.5, 0.6) is 0 Å². The minimum absolute atomic E-state index is 0.402. The SMILES string of the molecule is CNCCC1CCN(C(=O)C2CC2)CC1. The standard InChI is InChI=1S/C12H22N2O/c1-13-7-4-10-5-8-14(9-6-10)12(15)11-2-3-11/h10-11,13H,2-9H2,1H3. The first-order chi connectivity index (χ1) is 7.31. The molecule has 3 heteroatoms. The molecule has 0 aromatic heterocycles. The minimum Gasteiger partial charge on any atom is -0.342 e. The maximum atomic E-state index is 11.8. The van der Waals surface area contributed by atoms with Gasteiger partial charge in [-0.05, 0) is 51.6 Å². The lowest BCUT2D eigenvalue weighted by Crippen LogP contribution is -2.39. The lowest BCUT2D eigenvalue weighted by atomic mass is 9.93. The summed E-state index contributed by atoms with van der Waals surface area (Å²) >= 11 is 0. The average Bonchev–Trinajstić information content (AvgIpc) is 3.10. The van der Waals surface area contributed by atoms with Crippen molar-refractivity contribution in [1.82, 2.24) is 10.2 Å². The van der Waals surface area contributed by atoms with E-state index in [9.17, 15) is 4.79 Å². The van der Waals surface area contributed by atoms with E-state index in [-0.39, 0.29) is 0 Å². The molecule has 0 bridgehead atoms. The van der Waals surface area contributed by atoms with Crippen LogP contribution in [0.1, 0.15) is 32.1 Å². The molecular weight excluding hydrogens is 188 g/mol. The first-order valence-electron chi connectivity index (χ1n) is 6.24. The van der Waals surface area contributed by atoms with E-state index < -0.39 is 0 Å². The number of nitrogens with one attached hydrogen (secondary N) is 1. The first-order valence-corrected chi connectivity index (χ1v) is 6.24. The van der Waals surface area contributed by atoms with Gasteiger partial charge >= 0.3 is 0 Å². The number of amides is 1. The Morgan fingerprint density at radius 1 is 1.27 bits per heavy atom. The molecule has 0 spiro atoms. The molecule has 86 valence electrons. The third-order valence-corrected chi connectivity index (χ3v) is 3.66. The summed E-state index contributed by atoms with van der Waals surface area (Å²) in [5.74, 6) is 1.67. The Morgan fingerprint density at radius 2 is 1.93 bits per heavy atom. The third kappa shape index (κ3) is 2.94. The monoisotopic (exact) mass is 210 g/mol. The first kappa shape index (κ1) is 10.9. The molecule has 2 aliphatic rings. The fourth-order valence-corrected chi connectivity index (χ4v) is 2.38. The number of nitrogens with zero attached hydrogens (tertiary/aromatic N) is 1. The summed E-state index contributed by atoms with van der Waals surface area (Å²) < 4.78 is 0. The summed E-state index contributed by atoms with van der Waals surface area (Å²) in [5.41, 5.74) is 0. The van der Waals surface area contributed by atoms with Crippen molar-refractivity contribution in [3.63, 3.8) is 0 Å². The summed E-state index contributed by atoms with van der Waals surface area (Å²) in [4.78, 5) is 13.9. The lowest BCUT2D eigenvalue weighted by molar-refractivity contribution is -0.133. The largest absolute Gasteiger partial charge is 0.342 e. The zero-order valence-corrected chi connectivity index (χ0v) is 9.67. The Labute approximate surface area is 92.2 Å². The van der Waals surface area contributed by atoms with E-state index >= 15 is 0 Å². The van der Waals surface area contributed by atoms with E-state index in [1.54, 1.807) is 0 Å². The fourth-order valence-electron chi connectivity index (χ4n) is 2.38. The van der Waals surface area contributed by atoms with Gasteiger partial charge in [0.15, 0.2) is 0 Å². The molecule has 0 unspecified atom stereocenters. The molecule has 1 aliphatic carbocycles. The number of rotatable bonds is 4. The predicted molar refractivity (Wildman–Crippen MR) is 60.6 cm³/mol. The number of likely N-dealkylation sites (tertiary alicyclic amines) is 1. The Morgan fingerprint density at radius 3 is 2.47 bits per heavy atom. The molecule has 1 N–H and O–H groups in total. The van der Waals surface area contributed by atoms with Crippen LogP contribution >= 0.6 is 0 Å². The van der Waals surface area contributed by atoms with Gasteiger partial charge in [-0.25, -0.2) is 0 Å². The van der Waals surface area contributed by atoms with Gasteiger partial charge in [-0.1, -0.05) is 0 Å². The maximum Gasteiger partial charge on any atom is 0.225 e. The molecule has 0 radical (unpaired) electrons. The van der Waals surface area contributed by atoms with E-state index in [1.165, 1.54) is 19.3 Å². The van der Waals surface area contributed by atoms with Gasteiger partial charge in [0.05, 0.1) is 0 Å². The van der Waals surface area contributed by atoms with Crippen molar-refractivity contribution >= 4 is 5.91 Å². The normalized spacial score (nSPS) is 23.1. The molecule has 2 rings (SSSR count). The van der Waals surface area contributed by atoms with Gasteiger partial charge in [-0.2, -0.15) is 0 Å². The van der Waals surface area contributed by atoms with Crippen molar-refractivity contribution in [2.75, 3.05) is 26.7 Å². The highest BCUT2D eigenvalue weighted by molar-refractivity contribution is 5.81. The van der Waals surface area contributed by atoms with E-state index in [0.29, 0.717) is 11.8 Å². The molecule has 0 aromatic carbocycles. The van der Waals surface area contributed by atoms with Crippen LogP contribution < -0.4 is 5.32 Å². The van der Waals surface area contributed by atoms with Gasteiger partial charge in [0, 0.05) is 19.0 Å². The zero-order chi connectivity index (χ0) is 10.7. The summed E-state index contributed by atoms with van der Waals surface area (Å²) in [6, 6.07) is 0. The van der Waals surface area contributed by atoms with Crippen LogP contribution in [-0.2, 0) is 4.79 Å². The number of hydrogen-bond donors (Lipinski definition) is 1. The minimum atomic E-state index is 0.402. The number of carbonyl (C=O) groups is 1. The second-order valence-corrected chi connectivity index (χ2v) is 4.94. The summed E-state index contributed by atoms with van der Waals surface area (Å²) in [7, 11) is 2.01. The molecule has 0 atom stereocenters. The van der Waals surface area contributed by atoms with Gasteiger partial charge in [0.25, 0.3) is 0 Å². The van der Waals surface area contributed by atoms with Gasteiger partial charge in [0.1, 0.15) is 0 Å². The number of piperidine rings is 1. The van der Waals surface area contributed by atoms with Crippen LogP contribution in [0, 0.1) is 11.8 Å². The van der Waals surface area contributed by atoms with Crippen molar-refractivity contribution < 1.29 is 4.79 Å². The maximum absolute atomic E-state index is 11.8. The average molecular weight is 210 g/mol. The fraction of sp³-hybridized carbons (Fsp3) is 0.917. The Bertz CT molecular complexity index is 218. The molecule has 3 nitrogen and oxygen atoms in total. The molecule has 1 saturated heterocycles. The van der Waals surface area contributed by atoms with Gasteiger partial charge in [0.2, 0.25) is 5.91 Å². The summed E-state index contributed by atoms with van der Waals surface area (Å²) in [5, 5.41) is 3.20. The second kappa shape index (κ2) is 4.97. The number of carbonyl (C=O) groups excluding carboxylic acids is 1. The smallest absolute Gasteiger partial charge is 0.225 e.